The highest BCUT2D eigenvalue weighted by atomic mass is 16.1. The summed E-state index contributed by atoms with van der Waals surface area (Å²) in [7, 11) is 0. The molecule has 0 saturated carbocycles. The highest BCUT2D eigenvalue weighted by Gasteiger charge is 2.09. The van der Waals surface area contributed by atoms with Crippen molar-refractivity contribution in [2.75, 3.05) is 0 Å². The standard InChI is InChI=1S/C11H22O/c1-9(2)7-11(4)8-10(3)5-6-12/h6,9-11H,5,7-8H2,1-4H3. The summed E-state index contributed by atoms with van der Waals surface area (Å²) < 4.78 is 0. The van der Waals surface area contributed by atoms with Gasteiger partial charge in [-0.1, -0.05) is 27.7 Å². The molecule has 0 amide bonds. The molecule has 0 saturated heterocycles. The maximum atomic E-state index is 10.2. The maximum Gasteiger partial charge on any atom is 0.120 e. The Labute approximate surface area is 76.6 Å². The Kier molecular flexibility index (Phi) is 6.04. The zero-order chi connectivity index (χ0) is 9.56. The first kappa shape index (κ1) is 11.7. The summed E-state index contributed by atoms with van der Waals surface area (Å²) in [6.45, 7) is 8.94. The van der Waals surface area contributed by atoms with Crippen LogP contribution in [0.15, 0.2) is 0 Å². The van der Waals surface area contributed by atoms with Crippen LogP contribution in [0.25, 0.3) is 0 Å². The van der Waals surface area contributed by atoms with Gasteiger partial charge in [0.05, 0.1) is 0 Å². The average molecular weight is 170 g/mol. The number of aldehydes is 1. The molecule has 0 bridgehead atoms. The topological polar surface area (TPSA) is 17.1 Å². The lowest BCUT2D eigenvalue weighted by Crippen LogP contribution is -2.06. The Morgan fingerprint density at radius 2 is 1.58 bits per heavy atom. The molecule has 12 heavy (non-hydrogen) atoms. The van der Waals surface area contributed by atoms with Gasteiger partial charge in [-0.3, -0.25) is 0 Å². The molecule has 0 heterocycles. The molecule has 72 valence electrons. The molecule has 0 fully saturated rings. The zero-order valence-electron chi connectivity index (χ0n) is 8.84. The van der Waals surface area contributed by atoms with Crippen LogP contribution in [-0.2, 0) is 4.79 Å². The van der Waals surface area contributed by atoms with Crippen molar-refractivity contribution in [3.05, 3.63) is 0 Å². The van der Waals surface area contributed by atoms with E-state index in [1.54, 1.807) is 0 Å². The normalized spacial score (nSPS) is 16.1. The lowest BCUT2D eigenvalue weighted by atomic mass is 9.89. The van der Waals surface area contributed by atoms with Crippen LogP contribution in [0.1, 0.15) is 47.0 Å². The fourth-order valence-electron chi connectivity index (χ4n) is 1.85. The molecule has 0 aromatic carbocycles. The highest BCUT2D eigenvalue weighted by molar-refractivity contribution is 5.49. The Hall–Kier alpha value is -0.330. The third-order valence-electron chi connectivity index (χ3n) is 2.18. The molecule has 2 unspecified atom stereocenters. The maximum absolute atomic E-state index is 10.2. The molecule has 0 aromatic rings. The summed E-state index contributed by atoms with van der Waals surface area (Å²) in [5.41, 5.74) is 0. The van der Waals surface area contributed by atoms with E-state index in [1.807, 2.05) is 0 Å². The van der Waals surface area contributed by atoms with Crippen molar-refractivity contribution < 1.29 is 4.79 Å². The van der Waals surface area contributed by atoms with Crippen LogP contribution in [-0.4, -0.2) is 6.29 Å². The molecule has 1 heteroatoms. The van der Waals surface area contributed by atoms with Crippen LogP contribution in [0.4, 0.5) is 0 Å². The van der Waals surface area contributed by atoms with Crippen LogP contribution in [0.3, 0.4) is 0 Å². The van der Waals surface area contributed by atoms with Gasteiger partial charge in [0.2, 0.25) is 0 Å². The Balaban J connectivity index is 3.53. The van der Waals surface area contributed by atoms with Crippen molar-refractivity contribution in [3.63, 3.8) is 0 Å². The molecule has 2 atom stereocenters. The van der Waals surface area contributed by atoms with E-state index in [4.69, 9.17) is 0 Å². The fraction of sp³-hybridized carbons (Fsp3) is 0.909. The van der Waals surface area contributed by atoms with Gasteiger partial charge >= 0.3 is 0 Å². The fourth-order valence-corrected chi connectivity index (χ4v) is 1.85. The Bertz CT molecular complexity index is 118. The summed E-state index contributed by atoms with van der Waals surface area (Å²) in [5, 5.41) is 0. The minimum absolute atomic E-state index is 0.566. The first-order valence-corrected chi connectivity index (χ1v) is 4.99. The van der Waals surface area contributed by atoms with Gasteiger partial charge < -0.3 is 4.79 Å². The minimum Gasteiger partial charge on any atom is -0.303 e. The summed E-state index contributed by atoms with van der Waals surface area (Å²) >= 11 is 0. The van der Waals surface area contributed by atoms with Crippen molar-refractivity contribution >= 4 is 6.29 Å². The van der Waals surface area contributed by atoms with Gasteiger partial charge in [0.15, 0.2) is 0 Å². The predicted molar refractivity (Wildman–Crippen MR) is 53.1 cm³/mol. The second-order valence-electron chi connectivity index (χ2n) is 4.48. The Morgan fingerprint density at radius 3 is 2.00 bits per heavy atom. The number of carbonyl (C=O) groups excluding carboxylic acids is 1. The summed E-state index contributed by atoms with van der Waals surface area (Å²) in [4.78, 5) is 10.2. The van der Waals surface area contributed by atoms with E-state index in [0.717, 1.165) is 24.5 Å². The van der Waals surface area contributed by atoms with Gasteiger partial charge in [-0.2, -0.15) is 0 Å². The molecular weight excluding hydrogens is 148 g/mol. The zero-order valence-corrected chi connectivity index (χ0v) is 8.84. The van der Waals surface area contributed by atoms with E-state index < -0.39 is 0 Å². The number of hydrogen-bond acceptors (Lipinski definition) is 1. The second kappa shape index (κ2) is 6.22. The van der Waals surface area contributed by atoms with Gasteiger partial charge in [0.25, 0.3) is 0 Å². The van der Waals surface area contributed by atoms with E-state index in [-0.39, 0.29) is 0 Å². The Morgan fingerprint density at radius 1 is 1.00 bits per heavy atom. The van der Waals surface area contributed by atoms with Crippen molar-refractivity contribution in [3.8, 4) is 0 Å². The number of carbonyl (C=O) groups is 1. The van der Waals surface area contributed by atoms with E-state index in [2.05, 4.69) is 27.7 Å². The summed E-state index contributed by atoms with van der Waals surface area (Å²) in [6.07, 6.45) is 4.23. The van der Waals surface area contributed by atoms with Gasteiger partial charge in [0, 0.05) is 6.42 Å². The molecule has 0 aliphatic rings. The first-order valence-electron chi connectivity index (χ1n) is 4.99. The lowest BCUT2D eigenvalue weighted by molar-refractivity contribution is -0.108. The summed E-state index contributed by atoms with van der Waals surface area (Å²) in [5.74, 6) is 2.11. The smallest absolute Gasteiger partial charge is 0.120 e. The molecule has 1 nitrogen and oxygen atoms in total. The summed E-state index contributed by atoms with van der Waals surface area (Å²) in [6, 6.07) is 0. The quantitative estimate of drug-likeness (QED) is 0.559. The molecule has 0 aliphatic carbocycles. The van der Waals surface area contributed by atoms with Crippen molar-refractivity contribution in [2.24, 2.45) is 17.8 Å². The second-order valence-corrected chi connectivity index (χ2v) is 4.48. The highest BCUT2D eigenvalue weighted by Crippen LogP contribution is 2.20. The van der Waals surface area contributed by atoms with Crippen LogP contribution in [0.5, 0.6) is 0 Å². The molecule has 0 rings (SSSR count). The largest absolute Gasteiger partial charge is 0.303 e. The van der Waals surface area contributed by atoms with Crippen molar-refractivity contribution in [2.45, 2.75) is 47.0 Å². The molecule has 0 N–H and O–H groups in total. The third kappa shape index (κ3) is 6.38. The first-order chi connectivity index (χ1) is 5.56. The average Bonchev–Trinajstić information content (AvgIpc) is 1.84. The van der Waals surface area contributed by atoms with Crippen molar-refractivity contribution in [1.29, 1.82) is 0 Å². The number of rotatable bonds is 6. The SMILES string of the molecule is CC(C)CC(C)CC(C)CC=O. The molecule has 0 radical (unpaired) electrons. The van der Waals surface area contributed by atoms with Crippen molar-refractivity contribution in [1.82, 2.24) is 0 Å². The molecule has 0 aromatic heterocycles. The van der Waals surface area contributed by atoms with Crippen LogP contribution < -0.4 is 0 Å². The van der Waals surface area contributed by atoms with E-state index >= 15 is 0 Å². The molecular formula is C11H22O. The number of hydrogen-bond donors (Lipinski definition) is 0. The van der Waals surface area contributed by atoms with Crippen LogP contribution in [0.2, 0.25) is 0 Å². The van der Waals surface area contributed by atoms with E-state index in [1.165, 1.54) is 12.8 Å². The van der Waals surface area contributed by atoms with Gasteiger partial charge in [-0.25, -0.2) is 0 Å². The van der Waals surface area contributed by atoms with Crippen LogP contribution >= 0.6 is 0 Å². The monoisotopic (exact) mass is 170 g/mol. The molecule has 0 spiro atoms. The minimum atomic E-state index is 0.566. The van der Waals surface area contributed by atoms with E-state index in [9.17, 15) is 4.79 Å². The van der Waals surface area contributed by atoms with Gasteiger partial charge in [-0.15, -0.1) is 0 Å². The predicted octanol–water partition coefficient (Wildman–Crippen LogP) is 3.28. The third-order valence-corrected chi connectivity index (χ3v) is 2.18. The van der Waals surface area contributed by atoms with Gasteiger partial charge in [-0.05, 0) is 30.6 Å². The molecule has 0 aliphatic heterocycles. The lowest BCUT2D eigenvalue weighted by Gasteiger charge is -2.16. The van der Waals surface area contributed by atoms with E-state index in [0.29, 0.717) is 5.92 Å². The van der Waals surface area contributed by atoms with Crippen LogP contribution in [0, 0.1) is 17.8 Å². The van der Waals surface area contributed by atoms with Gasteiger partial charge in [0.1, 0.15) is 6.29 Å².